The fraction of sp³-hybridized carbons (Fsp3) is 0.600. The van der Waals surface area contributed by atoms with Crippen LogP contribution in [0.1, 0.15) is 43.6 Å². The molecule has 1 N–H and O–H groups in total. The third kappa shape index (κ3) is 2.11. The summed E-state index contributed by atoms with van der Waals surface area (Å²) in [6.45, 7) is 2.32. The van der Waals surface area contributed by atoms with Gasteiger partial charge >= 0.3 is 0 Å². The highest BCUT2D eigenvalue weighted by Crippen LogP contribution is 2.49. The van der Waals surface area contributed by atoms with E-state index < -0.39 is 0 Å². The molecule has 1 aliphatic carbocycles. The zero-order valence-electron chi connectivity index (χ0n) is 10.2. The second kappa shape index (κ2) is 4.62. The summed E-state index contributed by atoms with van der Waals surface area (Å²) in [7, 11) is 0. The van der Waals surface area contributed by atoms with E-state index in [0.717, 1.165) is 11.6 Å². The summed E-state index contributed by atoms with van der Waals surface area (Å²) < 4.78 is 0. The first kappa shape index (κ1) is 11.6. The van der Waals surface area contributed by atoms with Crippen molar-refractivity contribution in [3.8, 4) is 0 Å². The number of halogens is 1. The molecule has 0 radical (unpaired) electrons. The van der Waals surface area contributed by atoms with Gasteiger partial charge in [-0.2, -0.15) is 0 Å². The van der Waals surface area contributed by atoms with Crippen molar-refractivity contribution >= 4 is 11.6 Å². The number of benzene rings is 1. The van der Waals surface area contributed by atoms with Gasteiger partial charge < -0.3 is 5.32 Å². The summed E-state index contributed by atoms with van der Waals surface area (Å²) in [4.78, 5) is 0. The maximum absolute atomic E-state index is 6.13. The van der Waals surface area contributed by atoms with Crippen LogP contribution in [0.4, 0.5) is 0 Å². The van der Waals surface area contributed by atoms with Crippen molar-refractivity contribution in [3.05, 3.63) is 34.9 Å². The molecule has 0 bridgehead atoms. The van der Waals surface area contributed by atoms with E-state index in [4.69, 9.17) is 11.6 Å². The Morgan fingerprint density at radius 2 is 2.00 bits per heavy atom. The van der Waals surface area contributed by atoms with E-state index in [1.807, 2.05) is 6.07 Å². The van der Waals surface area contributed by atoms with Crippen molar-refractivity contribution in [1.82, 2.24) is 5.32 Å². The lowest BCUT2D eigenvalue weighted by molar-refractivity contribution is 0.189. The molecule has 2 aliphatic rings. The van der Waals surface area contributed by atoms with Crippen molar-refractivity contribution in [1.29, 1.82) is 0 Å². The van der Waals surface area contributed by atoms with Gasteiger partial charge in [0.25, 0.3) is 0 Å². The molecule has 17 heavy (non-hydrogen) atoms. The van der Waals surface area contributed by atoms with Gasteiger partial charge in [-0.3, -0.25) is 0 Å². The minimum absolute atomic E-state index is 0.517. The lowest BCUT2D eigenvalue weighted by Gasteiger charge is -2.38. The summed E-state index contributed by atoms with van der Waals surface area (Å²) in [5.41, 5.74) is 1.95. The molecule has 1 saturated heterocycles. The summed E-state index contributed by atoms with van der Waals surface area (Å²) in [5, 5.41) is 4.48. The van der Waals surface area contributed by atoms with Crippen LogP contribution in [0.3, 0.4) is 0 Å². The number of hydrogen-bond acceptors (Lipinski definition) is 1. The molecule has 0 aromatic heterocycles. The zero-order valence-corrected chi connectivity index (χ0v) is 11.0. The highest BCUT2D eigenvalue weighted by molar-refractivity contribution is 6.30. The molecule has 1 saturated carbocycles. The van der Waals surface area contributed by atoms with Gasteiger partial charge in [0.15, 0.2) is 0 Å². The first-order valence-electron chi connectivity index (χ1n) is 6.76. The molecule has 1 heterocycles. The quantitative estimate of drug-likeness (QED) is 0.794. The van der Waals surface area contributed by atoms with E-state index in [0.29, 0.717) is 11.3 Å². The molecular weight excluding hydrogens is 230 g/mol. The summed E-state index contributed by atoms with van der Waals surface area (Å²) in [6.07, 6.45) is 7.00. The largest absolute Gasteiger partial charge is 0.316 e. The fourth-order valence-electron chi connectivity index (χ4n) is 3.78. The second-order valence-corrected chi connectivity index (χ2v) is 6.10. The van der Waals surface area contributed by atoms with Crippen LogP contribution in [0.25, 0.3) is 0 Å². The van der Waals surface area contributed by atoms with Crippen molar-refractivity contribution < 1.29 is 0 Å². The monoisotopic (exact) mass is 249 g/mol. The van der Waals surface area contributed by atoms with Crippen molar-refractivity contribution in [3.63, 3.8) is 0 Å². The van der Waals surface area contributed by atoms with E-state index in [-0.39, 0.29) is 0 Å². The molecule has 2 fully saturated rings. The van der Waals surface area contributed by atoms with Crippen molar-refractivity contribution in [2.45, 2.75) is 38.0 Å². The number of rotatable bonds is 1. The van der Waals surface area contributed by atoms with Crippen LogP contribution in [0.5, 0.6) is 0 Å². The lowest BCUT2D eigenvalue weighted by Crippen LogP contribution is -2.31. The minimum Gasteiger partial charge on any atom is -0.316 e. The summed E-state index contributed by atoms with van der Waals surface area (Å²) in [5.74, 6) is 0.668. The van der Waals surface area contributed by atoms with Crippen molar-refractivity contribution in [2.24, 2.45) is 5.41 Å². The van der Waals surface area contributed by atoms with Crippen molar-refractivity contribution in [2.75, 3.05) is 13.1 Å². The van der Waals surface area contributed by atoms with Gasteiger partial charge in [-0.05, 0) is 36.0 Å². The predicted octanol–water partition coefficient (Wildman–Crippen LogP) is 3.98. The number of hydrogen-bond donors (Lipinski definition) is 1. The molecule has 1 aromatic carbocycles. The van der Waals surface area contributed by atoms with Crippen LogP contribution in [0.2, 0.25) is 5.02 Å². The average Bonchev–Trinajstić information content (AvgIpc) is 2.73. The normalized spacial score (nSPS) is 27.5. The standard InChI is InChI=1S/C15H20ClN/c16-13-6-4-5-12(9-13)14-10-17-11-15(14)7-2-1-3-8-15/h4-6,9,14,17H,1-3,7-8,10-11H2. The topological polar surface area (TPSA) is 12.0 Å². The Hall–Kier alpha value is -0.530. The fourth-order valence-corrected chi connectivity index (χ4v) is 3.98. The van der Waals surface area contributed by atoms with Gasteiger partial charge in [0, 0.05) is 24.0 Å². The minimum atomic E-state index is 0.517. The summed E-state index contributed by atoms with van der Waals surface area (Å²) >= 11 is 6.13. The van der Waals surface area contributed by atoms with Crippen LogP contribution in [-0.2, 0) is 0 Å². The molecule has 2 heteroatoms. The number of nitrogens with one attached hydrogen (secondary N) is 1. The van der Waals surface area contributed by atoms with Gasteiger partial charge in [-0.25, -0.2) is 0 Å². The van der Waals surface area contributed by atoms with Crippen LogP contribution in [0.15, 0.2) is 24.3 Å². The van der Waals surface area contributed by atoms with E-state index in [9.17, 15) is 0 Å². The molecule has 92 valence electrons. The lowest BCUT2D eigenvalue weighted by atomic mass is 9.66. The second-order valence-electron chi connectivity index (χ2n) is 5.66. The Kier molecular flexibility index (Phi) is 3.14. The molecule has 1 unspecified atom stereocenters. The molecular formula is C15H20ClN. The molecule has 1 aromatic rings. The smallest absolute Gasteiger partial charge is 0.0408 e. The highest BCUT2D eigenvalue weighted by atomic mass is 35.5. The first-order chi connectivity index (χ1) is 8.30. The SMILES string of the molecule is Clc1cccc(C2CNCC23CCCCC3)c1. The Labute approximate surface area is 109 Å². The molecule has 1 spiro atoms. The van der Waals surface area contributed by atoms with E-state index >= 15 is 0 Å². The molecule has 1 aliphatic heterocycles. The highest BCUT2D eigenvalue weighted by Gasteiger charge is 2.43. The Balaban J connectivity index is 1.91. The maximum atomic E-state index is 6.13. The van der Waals surface area contributed by atoms with Crippen LogP contribution in [-0.4, -0.2) is 13.1 Å². The third-order valence-electron chi connectivity index (χ3n) is 4.67. The van der Waals surface area contributed by atoms with Gasteiger partial charge in [0.1, 0.15) is 0 Å². The predicted molar refractivity (Wildman–Crippen MR) is 72.6 cm³/mol. The molecule has 1 nitrogen and oxygen atoms in total. The zero-order chi connectivity index (χ0) is 11.7. The summed E-state index contributed by atoms with van der Waals surface area (Å²) in [6, 6.07) is 8.48. The van der Waals surface area contributed by atoms with Gasteiger partial charge in [0.2, 0.25) is 0 Å². The van der Waals surface area contributed by atoms with Crippen LogP contribution in [0, 0.1) is 5.41 Å². The van der Waals surface area contributed by atoms with Gasteiger partial charge in [0.05, 0.1) is 0 Å². The third-order valence-corrected chi connectivity index (χ3v) is 4.90. The van der Waals surface area contributed by atoms with E-state index in [1.165, 1.54) is 44.2 Å². The van der Waals surface area contributed by atoms with Gasteiger partial charge in [-0.15, -0.1) is 0 Å². The Morgan fingerprint density at radius 3 is 2.76 bits per heavy atom. The Bertz CT molecular complexity index is 396. The Morgan fingerprint density at radius 1 is 1.18 bits per heavy atom. The molecule has 3 rings (SSSR count). The van der Waals surface area contributed by atoms with Crippen LogP contribution < -0.4 is 5.32 Å². The maximum Gasteiger partial charge on any atom is 0.0408 e. The molecule has 0 amide bonds. The van der Waals surface area contributed by atoms with E-state index in [1.54, 1.807) is 0 Å². The van der Waals surface area contributed by atoms with Gasteiger partial charge in [-0.1, -0.05) is 43.0 Å². The van der Waals surface area contributed by atoms with Crippen LogP contribution >= 0.6 is 11.6 Å². The first-order valence-corrected chi connectivity index (χ1v) is 7.14. The molecule has 1 atom stereocenters. The van der Waals surface area contributed by atoms with E-state index in [2.05, 4.69) is 23.5 Å². The average molecular weight is 250 g/mol.